The maximum Gasteiger partial charge on any atom is 0.239 e. The van der Waals surface area contributed by atoms with Crippen molar-refractivity contribution in [2.75, 3.05) is 0 Å². The van der Waals surface area contributed by atoms with Crippen LogP contribution in [0.2, 0.25) is 0 Å². The summed E-state index contributed by atoms with van der Waals surface area (Å²) in [7, 11) is 0. The minimum Gasteiger partial charge on any atom is -0.338 e. The van der Waals surface area contributed by atoms with Gasteiger partial charge in [-0.05, 0) is 24.6 Å². The summed E-state index contributed by atoms with van der Waals surface area (Å²) in [5.74, 6) is 1.55. The first kappa shape index (κ1) is 20.3. The summed E-state index contributed by atoms with van der Waals surface area (Å²) in [5, 5.41) is 13.2. The van der Waals surface area contributed by atoms with Gasteiger partial charge in [-0.3, -0.25) is 4.57 Å². The summed E-state index contributed by atoms with van der Waals surface area (Å²) < 4.78 is 21.8. The SMILES string of the molecule is CC(C)c1noc(C(C)Sc2nnc(-c3ccccc3F)n2Cc2ccccc2)n1. The van der Waals surface area contributed by atoms with Gasteiger partial charge < -0.3 is 4.52 Å². The lowest BCUT2D eigenvalue weighted by molar-refractivity contribution is 0.373. The van der Waals surface area contributed by atoms with E-state index in [1.807, 2.05) is 55.7 Å². The molecular formula is C22H22FN5OS. The van der Waals surface area contributed by atoms with E-state index in [0.29, 0.717) is 34.8 Å². The molecule has 0 amide bonds. The summed E-state index contributed by atoms with van der Waals surface area (Å²) in [4.78, 5) is 4.48. The van der Waals surface area contributed by atoms with Crippen molar-refractivity contribution in [2.45, 2.75) is 43.6 Å². The molecule has 0 aliphatic heterocycles. The van der Waals surface area contributed by atoms with Gasteiger partial charge in [-0.1, -0.05) is 73.2 Å². The Kier molecular flexibility index (Phi) is 5.94. The zero-order valence-corrected chi connectivity index (χ0v) is 17.8. The van der Waals surface area contributed by atoms with E-state index in [0.717, 1.165) is 5.56 Å². The van der Waals surface area contributed by atoms with Crippen molar-refractivity contribution in [2.24, 2.45) is 0 Å². The second-order valence-electron chi connectivity index (χ2n) is 7.26. The molecule has 0 fully saturated rings. The molecule has 0 saturated carbocycles. The fraction of sp³-hybridized carbons (Fsp3) is 0.273. The van der Waals surface area contributed by atoms with Crippen molar-refractivity contribution >= 4 is 11.8 Å². The van der Waals surface area contributed by atoms with Crippen molar-refractivity contribution in [1.82, 2.24) is 24.9 Å². The van der Waals surface area contributed by atoms with Crippen LogP contribution < -0.4 is 0 Å². The first-order chi connectivity index (χ1) is 14.5. The van der Waals surface area contributed by atoms with Gasteiger partial charge in [0.05, 0.1) is 17.4 Å². The smallest absolute Gasteiger partial charge is 0.239 e. The largest absolute Gasteiger partial charge is 0.338 e. The highest BCUT2D eigenvalue weighted by molar-refractivity contribution is 7.99. The van der Waals surface area contributed by atoms with Gasteiger partial charge in [0.25, 0.3) is 0 Å². The Morgan fingerprint density at radius 1 is 1.00 bits per heavy atom. The summed E-state index contributed by atoms with van der Waals surface area (Å²) in [6, 6.07) is 16.6. The van der Waals surface area contributed by atoms with Gasteiger partial charge in [0.2, 0.25) is 5.89 Å². The molecular weight excluding hydrogens is 401 g/mol. The van der Waals surface area contributed by atoms with Crippen LogP contribution >= 0.6 is 11.8 Å². The third-order valence-corrected chi connectivity index (χ3v) is 5.69. The summed E-state index contributed by atoms with van der Waals surface area (Å²) in [6.45, 7) is 6.54. The highest BCUT2D eigenvalue weighted by Crippen LogP contribution is 2.35. The van der Waals surface area contributed by atoms with Gasteiger partial charge in [0, 0.05) is 5.92 Å². The Bertz CT molecular complexity index is 1130. The number of nitrogens with zero attached hydrogens (tertiary/aromatic N) is 5. The molecule has 0 aliphatic carbocycles. The van der Waals surface area contributed by atoms with E-state index in [2.05, 4.69) is 20.3 Å². The van der Waals surface area contributed by atoms with E-state index in [1.165, 1.54) is 17.8 Å². The number of benzene rings is 2. The van der Waals surface area contributed by atoms with Crippen LogP contribution in [0.1, 0.15) is 49.2 Å². The molecule has 0 aliphatic rings. The molecule has 8 heteroatoms. The quantitative estimate of drug-likeness (QED) is 0.366. The normalized spacial score (nSPS) is 12.4. The third-order valence-electron chi connectivity index (χ3n) is 4.62. The van der Waals surface area contributed by atoms with E-state index in [-0.39, 0.29) is 17.0 Å². The highest BCUT2D eigenvalue weighted by atomic mass is 32.2. The molecule has 30 heavy (non-hydrogen) atoms. The van der Waals surface area contributed by atoms with Gasteiger partial charge in [-0.15, -0.1) is 10.2 Å². The number of halogens is 1. The number of hydrogen-bond acceptors (Lipinski definition) is 6. The van der Waals surface area contributed by atoms with Crippen LogP contribution in [0.25, 0.3) is 11.4 Å². The standard InChI is InChI=1S/C22H22FN5OS/c1-14(2)19-24-21(29-27-19)15(3)30-22-26-25-20(17-11-7-8-12-18(17)23)28(22)13-16-9-5-4-6-10-16/h4-12,14-15H,13H2,1-3H3. The predicted molar refractivity (Wildman–Crippen MR) is 114 cm³/mol. The average Bonchev–Trinajstić information content (AvgIpc) is 3.38. The molecule has 1 unspecified atom stereocenters. The molecule has 4 aromatic rings. The lowest BCUT2D eigenvalue weighted by Gasteiger charge is -2.12. The van der Waals surface area contributed by atoms with Crippen LogP contribution in [-0.2, 0) is 6.54 Å². The zero-order chi connectivity index (χ0) is 21.1. The molecule has 4 rings (SSSR count). The Hall–Kier alpha value is -3.00. The van der Waals surface area contributed by atoms with Crippen molar-refractivity contribution in [3.8, 4) is 11.4 Å². The fourth-order valence-corrected chi connectivity index (χ4v) is 3.86. The minimum atomic E-state index is -0.331. The first-order valence-electron chi connectivity index (χ1n) is 9.75. The van der Waals surface area contributed by atoms with Crippen LogP contribution in [0.5, 0.6) is 0 Å². The summed E-state index contributed by atoms with van der Waals surface area (Å²) in [6.07, 6.45) is 0. The fourth-order valence-electron chi connectivity index (χ4n) is 2.98. The van der Waals surface area contributed by atoms with Crippen molar-refractivity contribution in [1.29, 1.82) is 0 Å². The van der Waals surface area contributed by atoms with Gasteiger partial charge in [0.15, 0.2) is 16.8 Å². The second-order valence-corrected chi connectivity index (χ2v) is 8.57. The average molecular weight is 424 g/mol. The van der Waals surface area contributed by atoms with E-state index >= 15 is 0 Å². The van der Waals surface area contributed by atoms with Crippen molar-refractivity contribution in [3.05, 3.63) is 77.7 Å². The van der Waals surface area contributed by atoms with E-state index in [1.54, 1.807) is 18.2 Å². The summed E-state index contributed by atoms with van der Waals surface area (Å²) in [5.41, 5.74) is 1.49. The molecule has 2 aromatic carbocycles. The number of rotatable bonds is 7. The zero-order valence-electron chi connectivity index (χ0n) is 17.0. The third kappa shape index (κ3) is 4.28. The number of thioether (sulfide) groups is 1. The van der Waals surface area contributed by atoms with Crippen LogP contribution in [0.15, 0.2) is 64.3 Å². The van der Waals surface area contributed by atoms with E-state index < -0.39 is 0 Å². The number of aromatic nitrogens is 5. The maximum absolute atomic E-state index is 14.5. The molecule has 6 nitrogen and oxygen atoms in total. The van der Waals surface area contributed by atoms with Gasteiger partial charge in [-0.25, -0.2) is 4.39 Å². The molecule has 0 saturated heterocycles. The van der Waals surface area contributed by atoms with Crippen molar-refractivity contribution in [3.63, 3.8) is 0 Å². The first-order valence-corrected chi connectivity index (χ1v) is 10.6. The van der Waals surface area contributed by atoms with Gasteiger partial charge >= 0.3 is 0 Å². The molecule has 1 atom stereocenters. The van der Waals surface area contributed by atoms with Crippen LogP contribution in [0.4, 0.5) is 4.39 Å². The number of hydrogen-bond donors (Lipinski definition) is 0. The predicted octanol–water partition coefficient (Wildman–Crippen LogP) is 5.49. The Morgan fingerprint density at radius 3 is 2.43 bits per heavy atom. The van der Waals surface area contributed by atoms with E-state index in [9.17, 15) is 4.39 Å². The van der Waals surface area contributed by atoms with E-state index in [4.69, 9.17) is 4.52 Å². The summed E-state index contributed by atoms with van der Waals surface area (Å²) >= 11 is 1.46. The molecule has 0 bridgehead atoms. The minimum absolute atomic E-state index is 0.128. The van der Waals surface area contributed by atoms with Gasteiger partial charge in [0.1, 0.15) is 5.82 Å². The van der Waals surface area contributed by atoms with Crippen LogP contribution in [0, 0.1) is 5.82 Å². The molecule has 0 radical (unpaired) electrons. The molecule has 154 valence electrons. The lowest BCUT2D eigenvalue weighted by atomic mass is 10.2. The Labute approximate surface area is 178 Å². The van der Waals surface area contributed by atoms with Crippen LogP contribution in [0.3, 0.4) is 0 Å². The highest BCUT2D eigenvalue weighted by Gasteiger charge is 2.23. The molecule has 2 aromatic heterocycles. The van der Waals surface area contributed by atoms with Crippen molar-refractivity contribution < 1.29 is 8.91 Å². The van der Waals surface area contributed by atoms with Crippen LogP contribution in [-0.4, -0.2) is 24.9 Å². The van der Waals surface area contributed by atoms with Gasteiger partial charge in [-0.2, -0.15) is 4.98 Å². The molecule has 0 N–H and O–H groups in total. The lowest BCUT2D eigenvalue weighted by Crippen LogP contribution is -2.05. The monoisotopic (exact) mass is 423 g/mol. The topological polar surface area (TPSA) is 69.6 Å². The molecule has 0 spiro atoms. The Morgan fingerprint density at radius 2 is 1.73 bits per heavy atom. The molecule has 2 heterocycles. The second kappa shape index (κ2) is 8.79. The maximum atomic E-state index is 14.5. The Balaban J connectivity index is 1.69.